The first-order valence-electron chi connectivity index (χ1n) is 4.27. The molecule has 0 bridgehead atoms. The van der Waals surface area contributed by atoms with E-state index in [0.717, 1.165) is 5.56 Å². The zero-order valence-corrected chi connectivity index (χ0v) is 9.30. The van der Waals surface area contributed by atoms with Gasteiger partial charge in [-0.3, -0.25) is 10.1 Å². The molecule has 0 fully saturated rings. The lowest BCUT2D eigenvalue weighted by Crippen LogP contribution is -2.10. The van der Waals surface area contributed by atoms with Crippen molar-refractivity contribution in [2.24, 2.45) is 0 Å². The van der Waals surface area contributed by atoms with Gasteiger partial charge in [0, 0.05) is 16.9 Å². The number of thioether (sulfide) groups is 1. The molecule has 0 aromatic heterocycles. The standard InChI is InChI=1S/C10H13NO2S/c1-10(2,14-3)8-4-6-9(7-5-8)11(12)13/h4-7H,1-3H3. The molecule has 0 saturated heterocycles. The van der Waals surface area contributed by atoms with Crippen molar-refractivity contribution in [3.8, 4) is 0 Å². The first-order chi connectivity index (χ1) is 6.47. The van der Waals surface area contributed by atoms with Crippen molar-refractivity contribution in [1.82, 2.24) is 0 Å². The Labute approximate surface area is 87.7 Å². The first-order valence-corrected chi connectivity index (χ1v) is 5.50. The minimum absolute atomic E-state index is 0.00906. The fraction of sp³-hybridized carbons (Fsp3) is 0.400. The molecule has 0 aliphatic carbocycles. The second kappa shape index (κ2) is 4.00. The maximum Gasteiger partial charge on any atom is 0.269 e. The summed E-state index contributed by atoms with van der Waals surface area (Å²) < 4.78 is 0.00906. The van der Waals surface area contributed by atoms with E-state index < -0.39 is 0 Å². The molecule has 0 saturated carbocycles. The topological polar surface area (TPSA) is 43.1 Å². The summed E-state index contributed by atoms with van der Waals surface area (Å²) in [6, 6.07) is 6.73. The molecule has 0 atom stereocenters. The number of benzene rings is 1. The Bertz CT molecular complexity index is 332. The number of hydrogen-bond donors (Lipinski definition) is 0. The lowest BCUT2D eigenvalue weighted by Gasteiger charge is -2.22. The summed E-state index contributed by atoms with van der Waals surface area (Å²) >= 11 is 1.72. The van der Waals surface area contributed by atoms with Crippen LogP contribution in [0, 0.1) is 10.1 Å². The summed E-state index contributed by atoms with van der Waals surface area (Å²) in [5.41, 5.74) is 1.25. The smallest absolute Gasteiger partial charge is 0.258 e. The Morgan fingerprint density at radius 1 is 1.29 bits per heavy atom. The van der Waals surface area contributed by atoms with Gasteiger partial charge in [0.05, 0.1) is 4.92 Å². The van der Waals surface area contributed by atoms with Crippen molar-refractivity contribution in [2.75, 3.05) is 6.26 Å². The van der Waals surface area contributed by atoms with Crippen molar-refractivity contribution in [3.63, 3.8) is 0 Å². The first kappa shape index (κ1) is 11.0. The average molecular weight is 211 g/mol. The largest absolute Gasteiger partial charge is 0.269 e. The molecule has 1 aromatic rings. The fourth-order valence-electron chi connectivity index (χ4n) is 1.10. The fourth-order valence-corrected chi connectivity index (χ4v) is 1.47. The second-order valence-corrected chi connectivity index (χ2v) is 4.95. The van der Waals surface area contributed by atoms with Gasteiger partial charge in [-0.25, -0.2) is 0 Å². The summed E-state index contributed by atoms with van der Waals surface area (Å²) in [6.07, 6.45) is 2.03. The van der Waals surface area contributed by atoms with E-state index in [0.29, 0.717) is 0 Å². The third-order valence-electron chi connectivity index (χ3n) is 2.28. The van der Waals surface area contributed by atoms with E-state index >= 15 is 0 Å². The molecule has 0 heterocycles. The zero-order valence-electron chi connectivity index (χ0n) is 8.48. The van der Waals surface area contributed by atoms with Crippen LogP contribution in [-0.2, 0) is 4.75 Å². The molecule has 3 nitrogen and oxygen atoms in total. The van der Waals surface area contributed by atoms with Crippen LogP contribution in [0.1, 0.15) is 19.4 Å². The maximum absolute atomic E-state index is 10.4. The summed E-state index contributed by atoms with van der Waals surface area (Å²) in [5, 5.41) is 10.4. The Hall–Kier alpha value is -1.03. The van der Waals surface area contributed by atoms with Crippen LogP contribution in [0.2, 0.25) is 0 Å². The minimum atomic E-state index is -0.379. The lowest BCUT2D eigenvalue weighted by atomic mass is 10.0. The summed E-state index contributed by atoms with van der Waals surface area (Å²) in [6.45, 7) is 4.19. The van der Waals surface area contributed by atoms with Crippen molar-refractivity contribution in [3.05, 3.63) is 39.9 Å². The zero-order chi connectivity index (χ0) is 10.8. The molecular formula is C10H13NO2S. The van der Waals surface area contributed by atoms with Gasteiger partial charge < -0.3 is 0 Å². The predicted molar refractivity (Wildman–Crippen MR) is 59.6 cm³/mol. The third kappa shape index (κ3) is 2.26. The van der Waals surface area contributed by atoms with Crippen LogP contribution in [0.5, 0.6) is 0 Å². The van der Waals surface area contributed by atoms with Gasteiger partial charge in [0.15, 0.2) is 0 Å². The van der Waals surface area contributed by atoms with E-state index in [1.165, 1.54) is 0 Å². The molecule has 14 heavy (non-hydrogen) atoms. The number of nitro groups is 1. The van der Waals surface area contributed by atoms with Gasteiger partial charge in [-0.2, -0.15) is 11.8 Å². The van der Waals surface area contributed by atoms with Gasteiger partial charge in [-0.05, 0) is 25.7 Å². The van der Waals surface area contributed by atoms with Gasteiger partial charge in [-0.1, -0.05) is 12.1 Å². The highest BCUT2D eigenvalue weighted by atomic mass is 32.2. The van der Waals surface area contributed by atoms with Gasteiger partial charge in [-0.15, -0.1) is 0 Å². The quantitative estimate of drug-likeness (QED) is 0.569. The Kier molecular flexibility index (Phi) is 3.16. The highest BCUT2D eigenvalue weighted by molar-refractivity contribution is 7.99. The molecule has 76 valence electrons. The van der Waals surface area contributed by atoms with Crippen LogP contribution in [0.3, 0.4) is 0 Å². The molecule has 0 amide bonds. The van der Waals surface area contributed by atoms with Crippen LogP contribution in [-0.4, -0.2) is 11.2 Å². The van der Waals surface area contributed by atoms with Crippen LogP contribution >= 0.6 is 11.8 Å². The van der Waals surface area contributed by atoms with Crippen molar-refractivity contribution in [2.45, 2.75) is 18.6 Å². The van der Waals surface area contributed by atoms with E-state index in [1.807, 2.05) is 18.4 Å². The van der Waals surface area contributed by atoms with E-state index in [1.54, 1.807) is 23.9 Å². The lowest BCUT2D eigenvalue weighted by molar-refractivity contribution is -0.384. The number of rotatable bonds is 3. The SMILES string of the molecule is CSC(C)(C)c1ccc([N+](=O)[O-])cc1. The molecule has 1 aromatic carbocycles. The summed E-state index contributed by atoms with van der Waals surface area (Å²) in [7, 11) is 0. The molecule has 0 unspecified atom stereocenters. The molecule has 0 aliphatic heterocycles. The minimum Gasteiger partial charge on any atom is -0.258 e. The second-order valence-electron chi connectivity index (χ2n) is 3.52. The van der Waals surface area contributed by atoms with Crippen LogP contribution < -0.4 is 0 Å². The van der Waals surface area contributed by atoms with Crippen molar-refractivity contribution < 1.29 is 4.92 Å². The van der Waals surface area contributed by atoms with Crippen LogP contribution in [0.4, 0.5) is 5.69 Å². The monoisotopic (exact) mass is 211 g/mol. The summed E-state index contributed by atoms with van der Waals surface area (Å²) in [5.74, 6) is 0. The molecule has 0 radical (unpaired) electrons. The highest BCUT2D eigenvalue weighted by Gasteiger charge is 2.19. The number of nitro benzene ring substituents is 1. The molecule has 0 aliphatic rings. The van der Waals surface area contributed by atoms with Gasteiger partial charge in [0.1, 0.15) is 0 Å². The van der Waals surface area contributed by atoms with Crippen LogP contribution in [0.15, 0.2) is 24.3 Å². The van der Waals surface area contributed by atoms with Gasteiger partial charge >= 0.3 is 0 Å². The number of nitrogens with zero attached hydrogens (tertiary/aromatic N) is 1. The Morgan fingerprint density at radius 2 is 1.79 bits per heavy atom. The van der Waals surface area contributed by atoms with Crippen LogP contribution in [0.25, 0.3) is 0 Å². The Morgan fingerprint density at radius 3 is 2.14 bits per heavy atom. The average Bonchev–Trinajstić information content (AvgIpc) is 2.18. The molecule has 1 rings (SSSR count). The maximum atomic E-state index is 10.4. The predicted octanol–water partition coefficient (Wildman–Crippen LogP) is 3.19. The van der Waals surface area contributed by atoms with E-state index in [4.69, 9.17) is 0 Å². The van der Waals surface area contributed by atoms with Crippen molar-refractivity contribution in [1.29, 1.82) is 0 Å². The van der Waals surface area contributed by atoms with Gasteiger partial charge in [0.2, 0.25) is 0 Å². The van der Waals surface area contributed by atoms with Crippen molar-refractivity contribution >= 4 is 17.4 Å². The van der Waals surface area contributed by atoms with E-state index in [-0.39, 0.29) is 15.4 Å². The molecule has 0 spiro atoms. The third-order valence-corrected chi connectivity index (χ3v) is 3.54. The number of non-ortho nitro benzene ring substituents is 1. The normalized spacial score (nSPS) is 11.4. The van der Waals surface area contributed by atoms with Gasteiger partial charge in [0.25, 0.3) is 5.69 Å². The van der Waals surface area contributed by atoms with E-state index in [2.05, 4.69) is 13.8 Å². The Balaban J connectivity index is 2.99. The summed E-state index contributed by atoms with van der Waals surface area (Å²) in [4.78, 5) is 10.1. The molecule has 4 heteroatoms. The van der Waals surface area contributed by atoms with E-state index in [9.17, 15) is 10.1 Å². The highest BCUT2D eigenvalue weighted by Crippen LogP contribution is 2.34. The number of hydrogen-bond acceptors (Lipinski definition) is 3. The molecule has 0 N–H and O–H groups in total. The molecular weight excluding hydrogens is 198 g/mol.